The number of aromatic nitrogens is 2. The van der Waals surface area contributed by atoms with Crippen molar-refractivity contribution < 1.29 is 4.79 Å². The highest BCUT2D eigenvalue weighted by molar-refractivity contribution is 5.84. The van der Waals surface area contributed by atoms with Crippen LogP contribution in [0.5, 0.6) is 0 Å². The average molecular weight is 333 g/mol. The predicted octanol–water partition coefficient (Wildman–Crippen LogP) is 2.61. The molecule has 0 aliphatic rings. The Balaban J connectivity index is 1.83. The highest BCUT2D eigenvalue weighted by atomic mass is 16.1. The number of aryl methyl sites for hydroxylation is 1. The molecule has 0 atom stereocenters. The molecule has 2 aromatic rings. The molecule has 1 N–H and O–H groups in total. The van der Waals surface area contributed by atoms with Crippen molar-refractivity contribution in [3.05, 3.63) is 59.6 Å². The van der Waals surface area contributed by atoms with E-state index >= 15 is 0 Å². The Morgan fingerprint density at radius 1 is 1.28 bits per heavy atom. The van der Waals surface area contributed by atoms with E-state index in [1.807, 2.05) is 37.3 Å². The van der Waals surface area contributed by atoms with Gasteiger partial charge < -0.3 is 4.79 Å². The van der Waals surface area contributed by atoms with Crippen LogP contribution in [0.1, 0.15) is 17.7 Å². The lowest BCUT2D eigenvalue weighted by Gasteiger charge is -2.04. The molecule has 1 aromatic carbocycles. The summed E-state index contributed by atoms with van der Waals surface area (Å²) in [5.74, 6) is 0. The van der Waals surface area contributed by atoms with Crippen molar-refractivity contribution >= 4 is 12.5 Å². The summed E-state index contributed by atoms with van der Waals surface area (Å²) < 4.78 is 0. The summed E-state index contributed by atoms with van der Waals surface area (Å²) in [6, 6.07) is 10.1. The molecule has 0 aliphatic heterocycles. The van der Waals surface area contributed by atoms with E-state index in [0.29, 0.717) is 18.8 Å². The zero-order valence-corrected chi connectivity index (χ0v) is 14.0. The summed E-state index contributed by atoms with van der Waals surface area (Å²) >= 11 is 0. The Morgan fingerprint density at radius 2 is 2.08 bits per heavy atom. The summed E-state index contributed by atoms with van der Waals surface area (Å²) in [6.07, 6.45) is 7.50. The first-order valence-electron chi connectivity index (χ1n) is 7.85. The first kappa shape index (κ1) is 18.2. The summed E-state index contributed by atoms with van der Waals surface area (Å²) in [7, 11) is 0. The molecule has 6 nitrogen and oxygen atoms in total. The van der Waals surface area contributed by atoms with Gasteiger partial charge in [0.15, 0.2) is 0 Å². The van der Waals surface area contributed by atoms with Gasteiger partial charge in [0, 0.05) is 30.9 Å². The predicted molar refractivity (Wildman–Crippen MR) is 96.8 cm³/mol. The molecular formula is C19H19N5O. The molecule has 1 heterocycles. The maximum absolute atomic E-state index is 10.3. The van der Waals surface area contributed by atoms with Crippen LogP contribution < -0.4 is 5.32 Å². The fraction of sp³-hybridized carbons (Fsp3) is 0.211. The smallest absolute Gasteiger partial charge is 0.123 e. The minimum Gasteiger partial charge on any atom is -0.303 e. The summed E-state index contributed by atoms with van der Waals surface area (Å²) in [6.45, 7) is 2.97. The third-order valence-electron chi connectivity index (χ3n) is 3.36. The van der Waals surface area contributed by atoms with E-state index in [1.165, 1.54) is 6.21 Å². The van der Waals surface area contributed by atoms with Gasteiger partial charge in [-0.05, 0) is 12.5 Å². The number of hydrogen-bond acceptors (Lipinski definition) is 6. The third-order valence-corrected chi connectivity index (χ3v) is 3.36. The second-order valence-electron chi connectivity index (χ2n) is 5.31. The Labute approximate surface area is 147 Å². The Bertz CT molecular complexity index is 786. The average Bonchev–Trinajstić information content (AvgIpc) is 2.65. The van der Waals surface area contributed by atoms with Gasteiger partial charge in [-0.25, -0.2) is 0 Å². The molecular weight excluding hydrogens is 314 g/mol. The Morgan fingerprint density at radius 3 is 2.72 bits per heavy atom. The number of hydrogen-bond donors (Lipinski definition) is 1. The minimum absolute atomic E-state index is 0.222. The van der Waals surface area contributed by atoms with Crippen LogP contribution in [-0.4, -0.2) is 29.1 Å². The number of rotatable bonds is 8. The van der Waals surface area contributed by atoms with Crippen LogP contribution in [0.15, 0.2) is 53.3 Å². The molecule has 126 valence electrons. The first-order chi connectivity index (χ1) is 12.2. The van der Waals surface area contributed by atoms with Gasteiger partial charge in [0.25, 0.3) is 0 Å². The van der Waals surface area contributed by atoms with Crippen molar-refractivity contribution in [1.82, 2.24) is 15.3 Å². The minimum atomic E-state index is 0.222. The lowest BCUT2D eigenvalue weighted by Crippen LogP contribution is -2.13. The SMILES string of the molecule is Cc1cnc(-c2ccc(CNCN=C/C(C#N)=C\CC=O)cc2)cn1. The largest absolute Gasteiger partial charge is 0.303 e. The molecule has 6 heteroatoms. The Hall–Kier alpha value is -3.17. The van der Waals surface area contributed by atoms with Crippen LogP contribution in [-0.2, 0) is 11.3 Å². The van der Waals surface area contributed by atoms with Gasteiger partial charge in [0.05, 0.1) is 29.8 Å². The van der Waals surface area contributed by atoms with E-state index in [2.05, 4.69) is 20.3 Å². The quantitative estimate of drug-likeness (QED) is 0.347. The molecule has 0 saturated carbocycles. The van der Waals surface area contributed by atoms with Crippen LogP contribution in [0, 0.1) is 18.3 Å². The fourth-order valence-electron chi connectivity index (χ4n) is 2.05. The molecule has 0 bridgehead atoms. The van der Waals surface area contributed by atoms with E-state index in [0.717, 1.165) is 28.8 Å². The van der Waals surface area contributed by atoms with Crippen LogP contribution in [0.4, 0.5) is 0 Å². The maximum Gasteiger partial charge on any atom is 0.123 e. The number of nitrogens with zero attached hydrogens (tertiary/aromatic N) is 4. The van der Waals surface area contributed by atoms with Crippen LogP contribution in [0.25, 0.3) is 11.3 Å². The van der Waals surface area contributed by atoms with Crippen molar-refractivity contribution in [2.24, 2.45) is 4.99 Å². The summed E-state index contributed by atoms with van der Waals surface area (Å²) in [5, 5.41) is 12.0. The molecule has 0 unspecified atom stereocenters. The second kappa shape index (κ2) is 9.85. The topological polar surface area (TPSA) is 91.0 Å². The van der Waals surface area contributed by atoms with Gasteiger partial charge >= 0.3 is 0 Å². The van der Waals surface area contributed by atoms with Crippen LogP contribution in [0.3, 0.4) is 0 Å². The fourth-order valence-corrected chi connectivity index (χ4v) is 2.05. The number of nitriles is 1. The molecule has 0 radical (unpaired) electrons. The van der Waals surface area contributed by atoms with Crippen molar-refractivity contribution in [2.45, 2.75) is 19.9 Å². The number of aliphatic imine (C=N–C) groups is 1. The van der Waals surface area contributed by atoms with Gasteiger partial charge in [-0.15, -0.1) is 0 Å². The molecule has 0 spiro atoms. The number of aldehydes is 1. The van der Waals surface area contributed by atoms with Crippen molar-refractivity contribution in [3.63, 3.8) is 0 Å². The zero-order chi connectivity index (χ0) is 17.9. The highest BCUT2D eigenvalue weighted by Gasteiger charge is 2.00. The van der Waals surface area contributed by atoms with Gasteiger partial charge in [0.1, 0.15) is 12.4 Å². The lowest BCUT2D eigenvalue weighted by molar-refractivity contribution is -0.107. The number of nitrogens with one attached hydrogen (secondary N) is 1. The molecule has 0 fully saturated rings. The summed E-state index contributed by atoms with van der Waals surface area (Å²) in [5.41, 5.74) is 4.27. The second-order valence-corrected chi connectivity index (χ2v) is 5.31. The van der Waals surface area contributed by atoms with Gasteiger partial charge in [-0.3, -0.25) is 20.3 Å². The monoisotopic (exact) mass is 333 g/mol. The van der Waals surface area contributed by atoms with Crippen molar-refractivity contribution in [2.75, 3.05) is 6.67 Å². The molecule has 0 saturated heterocycles. The normalized spacial score (nSPS) is 11.4. The molecule has 1 aromatic heterocycles. The number of benzene rings is 1. The lowest BCUT2D eigenvalue weighted by atomic mass is 10.1. The molecule has 0 aliphatic carbocycles. The van der Waals surface area contributed by atoms with Crippen LogP contribution >= 0.6 is 0 Å². The molecule has 2 rings (SSSR count). The first-order valence-corrected chi connectivity index (χ1v) is 7.85. The maximum atomic E-state index is 10.3. The van der Waals surface area contributed by atoms with Crippen LogP contribution in [0.2, 0.25) is 0 Å². The molecule has 25 heavy (non-hydrogen) atoms. The van der Waals surface area contributed by atoms with Gasteiger partial charge in [0.2, 0.25) is 0 Å². The summed E-state index contributed by atoms with van der Waals surface area (Å²) in [4.78, 5) is 23.0. The number of carbonyl (C=O) groups excluding carboxylic acids is 1. The standard InChI is InChI=1S/C19H19N5O/c1-15-10-24-19(13-23-15)18-6-4-16(5-7-18)11-21-14-22-12-17(9-20)3-2-8-25/h3-8,10,12-13,21H,2,11,14H2,1H3/b17-3-,22-12?. The van der Waals surface area contributed by atoms with Gasteiger partial charge in [-0.1, -0.05) is 30.3 Å². The van der Waals surface area contributed by atoms with Crippen molar-refractivity contribution in [1.29, 1.82) is 5.26 Å². The zero-order valence-electron chi connectivity index (χ0n) is 14.0. The molecule has 0 amide bonds. The van der Waals surface area contributed by atoms with E-state index in [1.54, 1.807) is 18.5 Å². The van der Waals surface area contributed by atoms with Crippen molar-refractivity contribution in [3.8, 4) is 17.3 Å². The highest BCUT2D eigenvalue weighted by Crippen LogP contribution is 2.16. The van der Waals surface area contributed by atoms with E-state index in [-0.39, 0.29) is 6.42 Å². The van der Waals surface area contributed by atoms with E-state index in [4.69, 9.17) is 5.26 Å². The Kier molecular flexibility index (Phi) is 7.16. The third kappa shape index (κ3) is 6.09. The van der Waals surface area contributed by atoms with Gasteiger partial charge in [-0.2, -0.15) is 5.26 Å². The number of carbonyl (C=O) groups is 1. The van der Waals surface area contributed by atoms with E-state index < -0.39 is 0 Å². The van der Waals surface area contributed by atoms with E-state index in [9.17, 15) is 4.79 Å². The number of allylic oxidation sites excluding steroid dienone is 2.